The van der Waals surface area contributed by atoms with Crippen LogP contribution in [-0.2, 0) is 14.3 Å². The van der Waals surface area contributed by atoms with Gasteiger partial charge in [-0.2, -0.15) is 0 Å². The Hall–Kier alpha value is -2.14. The smallest absolute Gasteiger partial charge is 0.332 e. The third kappa shape index (κ3) is 3.05. The number of nitrogens with one attached hydrogen (secondary N) is 1. The van der Waals surface area contributed by atoms with Crippen LogP contribution in [0.2, 0.25) is 0 Å². The summed E-state index contributed by atoms with van der Waals surface area (Å²) < 4.78 is 10.0. The Kier molecular flexibility index (Phi) is 4.53. The number of aromatic nitrogens is 1. The van der Waals surface area contributed by atoms with Gasteiger partial charge in [-0.05, 0) is 19.9 Å². The Bertz CT molecular complexity index is 617. The molecule has 5 heteroatoms. The van der Waals surface area contributed by atoms with Gasteiger partial charge in [0.15, 0.2) is 6.10 Å². The van der Waals surface area contributed by atoms with E-state index in [9.17, 15) is 9.59 Å². The average Bonchev–Trinajstić information content (AvgIpc) is 2.88. The predicted octanol–water partition coefficient (Wildman–Crippen LogP) is 2.32. The van der Waals surface area contributed by atoms with E-state index >= 15 is 0 Å². The van der Waals surface area contributed by atoms with E-state index in [1.54, 1.807) is 20.0 Å². The summed E-state index contributed by atoms with van der Waals surface area (Å²) in [5.74, 6) is -0.764. The molecule has 1 aromatic carbocycles. The number of fused-ring (bicyclic) bond motifs is 1. The standard InChI is InChI=1S/C15H17NO4/c1-3-19-9-14(17)20-10(2)15(18)12-8-16-13-7-5-4-6-11(12)13/h4-8,10,16H,3,9H2,1-2H3. The van der Waals surface area contributed by atoms with Crippen molar-refractivity contribution in [1.29, 1.82) is 0 Å². The number of aromatic amines is 1. The minimum atomic E-state index is -0.831. The molecule has 0 fully saturated rings. The molecule has 0 spiro atoms. The monoisotopic (exact) mass is 275 g/mol. The van der Waals surface area contributed by atoms with Gasteiger partial charge in [0, 0.05) is 29.3 Å². The van der Waals surface area contributed by atoms with Crippen LogP contribution in [0.4, 0.5) is 0 Å². The molecule has 106 valence electrons. The summed E-state index contributed by atoms with van der Waals surface area (Å²) in [6.45, 7) is 3.64. The summed E-state index contributed by atoms with van der Waals surface area (Å²) in [4.78, 5) is 26.8. The highest BCUT2D eigenvalue weighted by Gasteiger charge is 2.22. The molecule has 0 radical (unpaired) electrons. The van der Waals surface area contributed by atoms with E-state index in [-0.39, 0.29) is 12.4 Å². The molecule has 5 nitrogen and oxygen atoms in total. The molecule has 0 aliphatic rings. The third-order valence-corrected chi connectivity index (χ3v) is 2.96. The molecule has 1 aromatic heterocycles. The van der Waals surface area contributed by atoms with Gasteiger partial charge in [0.1, 0.15) is 6.61 Å². The molecule has 0 saturated carbocycles. The maximum absolute atomic E-state index is 12.3. The maximum atomic E-state index is 12.3. The number of ketones is 1. The Morgan fingerprint density at radius 3 is 2.80 bits per heavy atom. The van der Waals surface area contributed by atoms with E-state index in [2.05, 4.69) is 4.98 Å². The summed E-state index contributed by atoms with van der Waals surface area (Å²) in [6.07, 6.45) is 0.807. The number of carbonyl (C=O) groups is 2. The minimum absolute atomic E-state index is 0.137. The van der Waals surface area contributed by atoms with Gasteiger partial charge in [-0.3, -0.25) is 4.79 Å². The van der Waals surface area contributed by atoms with Crippen molar-refractivity contribution in [3.8, 4) is 0 Å². The fourth-order valence-corrected chi connectivity index (χ4v) is 1.96. The number of para-hydroxylation sites is 1. The van der Waals surface area contributed by atoms with Crippen molar-refractivity contribution in [3.05, 3.63) is 36.0 Å². The first-order valence-corrected chi connectivity index (χ1v) is 6.51. The number of esters is 1. The van der Waals surface area contributed by atoms with Crippen LogP contribution in [0, 0.1) is 0 Å². The number of ether oxygens (including phenoxy) is 2. The number of rotatable bonds is 6. The van der Waals surface area contributed by atoms with Gasteiger partial charge in [-0.25, -0.2) is 4.79 Å². The van der Waals surface area contributed by atoms with Crippen molar-refractivity contribution in [2.45, 2.75) is 20.0 Å². The molecule has 2 rings (SSSR count). The van der Waals surface area contributed by atoms with Crippen LogP contribution in [0.25, 0.3) is 10.9 Å². The number of Topliss-reactive ketones (excluding diaryl/α,β-unsaturated/α-hetero) is 1. The molecule has 0 aliphatic heterocycles. The molecule has 0 saturated heterocycles. The number of benzene rings is 1. The van der Waals surface area contributed by atoms with Gasteiger partial charge >= 0.3 is 5.97 Å². The zero-order chi connectivity index (χ0) is 14.5. The lowest BCUT2D eigenvalue weighted by molar-refractivity contribution is -0.151. The van der Waals surface area contributed by atoms with E-state index in [1.165, 1.54) is 0 Å². The molecular formula is C15H17NO4. The van der Waals surface area contributed by atoms with E-state index in [0.29, 0.717) is 12.2 Å². The van der Waals surface area contributed by atoms with Gasteiger partial charge in [0.05, 0.1) is 0 Å². The van der Waals surface area contributed by atoms with E-state index in [0.717, 1.165) is 10.9 Å². The van der Waals surface area contributed by atoms with Gasteiger partial charge in [0.25, 0.3) is 0 Å². The second-order valence-electron chi connectivity index (χ2n) is 4.38. The zero-order valence-corrected chi connectivity index (χ0v) is 11.5. The summed E-state index contributed by atoms with van der Waals surface area (Å²) >= 11 is 0. The molecule has 1 atom stereocenters. The molecule has 0 aliphatic carbocycles. The number of hydrogen-bond acceptors (Lipinski definition) is 4. The summed E-state index contributed by atoms with van der Waals surface area (Å²) in [7, 11) is 0. The highest BCUT2D eigenvalue weighted by molar-refractivity contribution is 6.10. The van der Waals surface area contributed by atoms with Gasteiger partial charge < -0.3 is 14.5 Å². The van der Waals surface area contributed by atoms with Crippen molar-refractivity contribution in [1.82, 2.24) is 4.98 Å². The van der Waals surface area contributed by atoms with Crippen molar-refractivity contribution in [2.24, 2.45) is 0 Å². The summed E-state index contributed by atoms with van der Waals surface area (Å²) in [5, 5.41) is 0.824. The van der Waals surface area contributed by atoms with Crippen molar-refractivity contribution < 1.29 is 19.1 Å². The Morgan fingerprint density at radius 1 is 1.30 bits per heavy atom. The predicted molar refractivity (Wildman–Crippen MR) is 74.7 cm³/mol. The first kappa shape index (κ1) is 14.3. The zero-order valence-electron chi connectivity index (χ0n) is 11.5. The van der Waals surface area contributed by atoms with E-state index < -0.39 is 12.1 Å². The largest absolute Gasteiger partial charge is 0.453 e. The summed E-state index contributed by atoms with van der Waals surface area (Å²) in [6, 6.07) is 7.49. The van der Waals surface area contributed by atoms with Crippen LogP contribution in [0.5, 0.6) is 0 Å². The normalized spacial score (nSPS) is 12.3. The first-order valence-electron chi connectivity index (χ1n) is 6.51. The fraction of sp³-hybridized carbons (Fsp3) is 0.333. The van der Waals surface area contributed by atoms with Gasteiger partial charge in [0.2, 0.25) is 5.78 Å². The molecule has 0 bridgehead atoms. The van der Waals surface area contributed by atoms with Crippen LogP contribution >= 0.6 is 0 Å². The lowest BCUT2D eigenvalue weighted by Crippen LogP contribution is -2.26. The quantitative estimate of drug-likeness (QED) is 0.649. The van der Waals surface area contributed by atoms with Crippen LogP contribution in [-0.4, -0.2) is 36.1 Å². The fourth-order valence-electron chi connectivity index (χ4n) is 1.96. The molecule has 0 amide bonds. The molecular weight excluding hydrogens is 258 g/mol. The second kappa shape index (κ2) is 6.34. The van der Waals surface area contributed by atoms with Crippen molar-refractivity contribution in [2.75, 3.05) is 13.2 Å². The highest BCUT2D eigenvalue weighted by Crippen LogP contribution is 2.19. The number of hydrogen-bond donors (Lipinski definition) is 1. The van der Waals surface area contributed by atoms with Crippen molar-refractivity contribution in [3.63, 3.8) is 0 Å². The first-order chi connectivity index (χ1) is 9.63. The number of H-pyrrole nitrogens is 1. The van der Waals surface area contributed by atoms with Crippen LogP contribution in [0.3, 0.4) is 0 Å². The molecule has 1 heterocycles. The topological polar surface area (TPSA) is 68.4 Å². The van der Waals surface area contributed by atoms with E-state index in [1.807, 2.05) is 24.3 Å². The Labute approximate surface area is 116 Å². The summed E-state index contributed by atoms with van der Waals surface area (Å²) in [5.41, 5.74) is 1.40. The number of carbonyl (C=O) groups excluding carboxylic acids is 2. The third-order valence-electron chi connectivity index (χ3n) is 2.96. The molecule has 1 unspecified atom stereocenters. The van der Waals surface area contributed by atoms with Crippen LogP contribution < -0.4 is 0 Å². The highest BCUT2D eigenvalue weighted by atomic mass is 16.6. The molecule has 20 heavy (non-hydrogen) atoms. The second-order valence-corrected chi connectivity index (χ2v) is 4.38. The minimum Gasteiger partial charge on any atom is -0.453 e. The lowest BCUT2D eigenvalue weighted by Gasteiger charge is -2.11. The average molecular weight is 275 g/mol. The van der Waals surface area contributed by atoms with Gasteiger partial charge in [-0.15, -0.1) is 0 Å². The lowest BCUT2D eigenvalue weighted by atomic mass is 10.1. The molecule has 2 aromatic rings. The van der Waals surface area contributed by atoms with Crippen LogP contribution in [0.1, 0.15) is 24.2 Å². The Morgan fingerprint density at radius 2 is 2.05 bits per heavy atom. The maximum Gasteiger partial charge on any atom is 0.332 e. The van der Waals surface area contributed by atoms with E-state index in [4.69, 9.17) is 9.47 Å². The Balaban J connectivity index is 2.09. The van der Waals surface area contributed by atoms with Crippen molar-refractivity contribution >= 4 is 22.7 Å². The van der Waals surface area contributed by atoms with Gasteiger partial charge in [-0.1, -0.05) is 18.2 Å². The molecule has 1 N–H and O–H groups in total. The SMILES string of the molecule is CCOCC(=O)OC(C)C(=O)c1c[nH]c2ccccc12. The van der Waals surface area contributed by atoms with Crippen LogP contribution in [0.15, 0.2) is 30.5 Å².